The summed E-state index contributed by atoms with van der Waals surface area (Å²) >= 11 is 6.41. The number of halogens is 1. The first kappa shape index (κ1) is 28.9. The molecule has 1 aliphatic heterocycles. The van der Waals surface area contributed by atoms with Crippen molar-refractivity contribution in [2.24, 2.45) is 5.92 Å². The van der Waals surface area contributed by atoms with Gasteiger partial charge in [-0.1, -0.05) is 37.6 Å². The van der Waals surface area contributed by atoms with Crippen LogP contribution < -0.4 is 20.3 Å². The topological polar surface area (TPSA) is 99.7 Å². The largest absolute Gasteiger partial charge is 0.492 e. The molecule has 0 aliphatic carbocycles. The molecule has 39 heavy (non-hydrogen) atoms. The van der Waals surface area contributed by atoms with Crippen LogP contribution in [0.1, 0.15) is 27.2 Å². The highest BCUT2D eigenvalue weighted by Crippen LogP contribution is 2.35. The van der Waals surface area contributed by atoms with Gasteiger partial charge in [-0.15, -0.1) is 0 Å². The van der Waals surface area contributed by atoms with Gasteiger partial charge in [-0.05, 0) is 57.6 Å². The maximum Gasteiger partial charge on any atom is 0.229 e. The lowest BCUT2D eigenvalue weighted by Crippen LogP contribution is -2.31. The first-order chi connectivity index (χ1) is 18.6. The number of nitrogens with one attached hydrogen (secondary N) is 2. The number of rotatable bonds is 11. The molecule has 9 nitrogen and oxygen atoms in total. The molecule has 1 aliphatic rings. The molecular weight excluding hydrogens is 536 g/mol. The fourth-order valence-corrected chi connectivity index (χ4v) is 6.55. The van der Waals surface area contributed by atoms with Crippen LogP contribution in [0, 0.1) is 5.92 Å². The van der Waals surface area contributed by atoms with E-state index in [9.17, 15) is 8.42 Å². The first-order valence-electron chi connectivity index (χ1n) is 13.1. The minimum Gasteiger partial charge on any atom is -0.492 e. The molecule has 1 fully saturated rings. The summed E-state index contributed by atoms with van der Waals surface area (Å²) in [6.45, 7) is 8.16. The van der Waals surface area contributed by atoms with Crippen molar-refractivity contribution < 1.29 is 13.2 Å². The van der Waals surface area contributed by atoms with Crippen molar-refractivity contribution in [3.05, 3.63) is 53.7 Å². The van der Waals surface area contributed by atoms with Crippen molar-refractivity contribution in [2.75, 3.05) is 55.1 Å². The lowest BCUT2D eigenvalue weighted by Gasteiger charge is -2.23. The fourth-order valence-electron chi connectivity index (χ4n) is 4.62. The van der Waals surface area contributed by atoms with Crippen molar-refractivity contribution in [3.8, 4) is 5.75 Å². The van der Waals surface area contributed by atoms with Gasteiger partial charge in [-0.2, -0.15) is 4.98 Å². The minimum absolute atomic E-state index is 0.00713. The lowest BCUT2D eigenvalue weighted by atomic mass is 10.2. The van der Waals surface area contributed by atoms with E-state index in [0.29, 0.717) is 35.9 Å². The number of ether oxygens (including phenoxy) is 1. The van der Waals surface area contributed by atoms with Crippen molar-refractivity contribution in [1.29, 1.82) is 0 Å². The number of aromatic nitrogens is 2. The van der Waals surface area contributed by atoms with Crippen LogP contribution >= 0.6 is 11.6 Å². The number of benzene rings is 2. The minimum atomic E-state index is -3.50. The van der Waals surface area contributed by atoms with E-state index in [1.165, 1.54) is 6.20 Å². The predicted molar refractivity (Wildman–Crippen MR) is 159 cm³/mol. The van der Waals surface area contributed by atoms with Crippen molar-refractivity contribution in [3.63, 3.8) is 0 Å². The second-order valence-electron chi connectivity index (χ2n) is 10.3. The quantitative estimate of drug-likeness (QED) is 0.305. The second-order valence-corrected chi connectivity index (χ2v) is 12.7. The number of para-hydroxylation sites is 1. The van der Waals surface area contributed by atoms with E-state index in [0.717, 1.165) is 30.9 Å². The molecule has 0 amide bonds. The van der Waals surface area contributed by atoms with Gasteiger partial charge in [-0.25, -0.2) is 13.4 Å². The highest BCUT2D eigenvalue weighted by molar-refractivity contribution is 7.91. The molecule has 0 spiro atoms. The molecule has 1 aromatic heterocycles. The third kappa shape index (κ3) is 7.12. The summed E-state index contributed by atoms with van der Waals surface area (Å²) < 4.78 is 31.9. The van der Waals surface area contributed by atoms with Crippen molar-refractivity contribution in [2.45, 2.75) is 38.1 Å². The molecule has 0 radical (unpaired) electrons. The monoisotopic (exact) mass is 572 g/mol. The van der Waals surface area contributed by atoms with E-state index in [-0.39, 0.29) is 21.6 Å². The Morgan fingerprint density at radius 1 is 1.15 bits per heavy atom. The van der Waals surface area contributed by atoms with Crippen LogP contribution in [0.4, 0.5) is 28.8 Å². The molecule has 11 heteroatoms. The van der Waals surface area contributed by atoms with Gasteiger partial charge in [0, 0.05) is 30.9 Å². The average Bonchev–Trinajstić information content (AvgIpc) is 3.38. The Hall–Kier alpha value is -3.08. The summed E-state index contributed by atoms with van der Waals surface area (Å²) in [6, 6.07) is 13.3. The molecule has 2 heterocycles. The van der Waals surface area contributed by atoms with Crippen molar-refractivity contribution in [1.82, 2.24) is 14.9 Å². The molecule has 2 N–H and O–H groups in total. The lowest BCUT2D eigenvalue weighted by molar-refractivity contribution is 0.315. The van der Waals surface area contributed by atoms with E-state index in [1.54, 1.807) is 24.3 Å². The van der Waals surface area contributed by atoms with Gasteiger partial charge in [0.25, 0.3) is 0 Å². The molecule has 210 valence electrons. The number of likely N-dealkylation sites (N-methyl/N-ethyl adjacent to an activating group) is 1. The Bertz CT molecular complexity index is 1400. The second kappa shape index (κ2) is 12.4. The molecule has 3 aromatic rings. The molecule has 0 saturated carbocycles. The Morgan fingerprint density at radius 3 is 2.62 bits per heavy atom. The number of hydrogen-bond donors (Lipinski definition) is 2. The summed E-state index contributed by atoms with van der Waals surface area (Å²) in [7, 11) is 0.731. The standard InChI is InChI=1S/C28H37ClN6O3S/c1-6-38-25-15-20(35-14-13-21(17-35)34(4)5)11-12-23(25)32-28-30-16-22(29)27(33-28)31-24-9-7-8-10-26(24)39(36,37)18-19(2)3/h7-12,15-16,19,21H,6,13-14,17-18H2,1-5H3,(H2,30,31,32,33). The highest BCUT2D eigenvalue weighted by atomic mass is 35.5. The van der Waals surface area contributed by atoms with E-state index < -0.39 is 9.84 Å². The third-order valence-electron chi connectivity index (χ3n) is 6.54. The summed E-state index contributed by atoms with van der Waals surface area (Å²) in [6.07, 6.45) is 2.60. The summed E-state index contributed by atoms with van der Waals surface area (Å²) in [5, 5.41) is 6.60. The van der Waals surface area contributed by atoms with E-state index in [1.807, 2.05) is 32.9 Å². The molecule has 1 atom stereocenters. The van der Waals surface area contributed by atoms with Gasteiger partial charge in [-0.3, -0.25) is 0 Å². The van der Waals surface area contributed by atoms with E-state index in [2.05, 4.69) is 50.6 Å². The Morgan fingerprint density at radius 2 is 1.92 bits per heavy atom. The summed E-state index contributed by atoms with van der Waals surface area (Å²) in [5.74, 6) is 1.32. The molecular formula is C28H37ClN6O3S. The zero-order chi connectivity index (χ0) is 28.2. The molecule has 1 saturated heterocycles. The molecule has 1 unspecified atom stereocenters. The smallest absolute Gasteiger partial charge is 0.229 e. The zero-order valence-corrected chi connectivity index (χ0v) is 24.7. The van der Waals surface area contributed by atoms with Crippen LogP contribution in [0.5, 0.6) is 5.75 Å². The number of nitrogens with zero attached hydrogens (tertiary/aromatic N) is 4. The fraction of sp³-hybridized carbons (Fsp3) is 0.429. The van der Waals surface area contributed by atoms with Gasteiger partial charge in [0.1, 0.15) is 10.8 Å². The van der Waals surface area contributed by atoms with Gasteiger partial charge < -0.3 is 25.2 Å². The third-order valence-corrected chi connectivity index (χ3v) is 8.95. The average molecular weight is 573 g/mol. The molecule has 2 aromatic carbocycles. The Balaban J connectivity index is 1.58. The highest BCUT2D eigenvalue weighted by Gasteiger charge is 2.25. The number of hydrogen-bond acceptors (Lipinski definition) is 9. The normalized spacial score (nSPS) is 15.7. The molecule has 4 rings (SSSR count). The van der Waals surface area contributed by atoms with E-state index in [4.69, 9.17) is 16.3 Å². The molecule has 0 bridgehead atoms. The SMILES string of the molecule is CCOc1cc(N2CCC(N(C)C)C2)ccc1Nc1ncc(Cl)c(Nc2ccccc2S(=O)(=O)CC(C)C)n1. The van der Waals surface area contributed by atoms with Crippen LogP contribution in [-0.4, -0.2) is 68.9 Å². The maximum atomic E-state index is 13.0. The summed E-state index contributed by atoms with van der Waals surface area (Å²) in [5.41, 5.74) is 2.23. The van der Waals surface area contributed by atoms with Crippen LogP contribution in [0.3, 0.4) is 0 Å². The van der Waals surface area contributed by atoms with Crippen LogP contribution in [0.25, 0.3) is 0 Å². The predicted octanol–water partition coefficient (Wildman–Crippen LogP) is 5.59. The zero-order valence-electron chi connectivity index (χ0n) is 23.1. The van der Waals surface area contributed by atoms with Crippen LogP contribution in [0.15, 0.2) is 53.6 Å². The van der Waals surface area contributed by atoms with Crippen LogP contribution in [-0.2, 0) is 9.84 Å². The van der Waals surface area contributed by atoms with Gasteiger partial charge in [0.2, 0.25) is 5.95 Å². The van der Waals surface area contributed by atoms with E-state index >= 15 is 0 Å². The Labute approximate surface area is 236 Å². The van der Waals surface area contributed by atoms with Crippen LogP contribution in [0.2, 0.25) is 5.02 Å². The van der Waals surface area contributed by atoms with Gasteiger partial charge >= 0.3 is 0 Å². The number of sulfone groups is 1. The van der Waals surface area contributed by atoms with Gasteiger partial charge in [0.15, 0.2) is 15.7 Å². The van der Waals surface area contributed by atoms with Gasteiger partial charge in [0.05, 0.1) is 34.8 Å². The number of anilines is 5. The Kier molecular flexibility index (Phi) is 9.19. The first-order valence-corrected chi connectivity index (χ1v) is 15.2. The summed E-state index contributed by atoms with van der Waals surface area (Å²) in [4.78, 5) is 13.7. The van der Waals surface area contributed by atoms with Crippen molar-refractivity contribution >= 4 is 50.3 Å². The maximum absolute atomic E-state index is 13.0.